The Balaban J connectivity index is 2.19. The molecule has 22 heavy (non-hydrogen) atoms. The number of nitrogens with zero attached hydrogens (tertiary/aromatic N) is 2. The summed E-state index contributed by atoms with van der Waals surface area (Å²) < 4.78 is 5.20. The largest absolute Gasteiger partial charge is 0.395 e. The fourth-order valence-electron chi connectivity index (χ4n) is 1.99. The molecular formula is C15H20N4O3. The van der Waals surface area contributed by atoms with E-state index >= 15 is 0 Å². The van der Waals surface area contributed by atoms with Crippen LogP contribution in [0, 0.1) is 0 Å². The molecule has 2 aromatic rings. The molecule has 2 amide bonds. The topological polar surface area (TPSA) is 100 Å². The predicted octanol–water partition coefficient (Wildman–Crippen LogP) is 1.40. The predicted molar refractivity (Wildman–Crippen MR) is 80.2 cm³/mol. The number of aromatic nitrogens is 2. The van der Waals surface area contributed by atoms with Crippen LogP contribution >= 0.6 is 0 Å². The van der Waals surface area contributed by atoms with Crippen LogP contribution < -0.4 is 10.6 Å². The van der Waals surface area contributed by atoms with Gasteiger partial charge in [0.1, 0.15) is 6.04 Å². The summed E-state index contributed by atoms with van der Waals surface area (Å²) >= 11 is 0. The summed E-state index contributed by atoms with van der Waals surface area (Å²) in [5.74, 6) is 0.963. The van der Waals surface area contributed by atoms with Crippen LogP contribution in [0.4, 0.5) is 4.79 Å². The van der Waals surface area contributed by atoms with Gasteiger partial charge in [0, 0.05) is 13.0 Å². The molecule has 0 aliphatic heterocycles. The number of benzene rings is 1. The highest BCUT2D eigenvalue weighted by Crippen LogP contribution is 2.19. The molecule has 0 bridgehead atoms. The molecule has 2 rings (SSSR count). The van der Waals surface area contributed by atoms with Gasteiger partial charge >= 0.3 is 6.03 Å². The zero-order valence-electron chi connectivity index (χ0n) is 12.5. The first-order valence-electron chi connectivity index (χ1n) is 7.27. The third-order valence-electron chi connectivity index (χ3n) is 3.01. The Hall–Kier alpha value is -2.41. The van der Waals surface area contributed by atoms with E-state index < -0.39 is 12.1 Å². The van der Waals surface area contributed by atoms with E-state index in [1.807, 2.05) is 37.3 Å². The molecule has 0 fully saturated rings. The van der Waals surface area contributed by atoms with Gasteiger partial charge in [0.25, 0.3) is 0 Å². The van der Waals surface area contributed by atoms with Gasteiger partial charge in [-0.2, -0.15) is 4.98 Å². The summed E-state index contributed by atoms with van der Waals surface area (Å²) in [5, 5.41) is 18.1. The van der Waals surface area contributed by atoms with Crippen molar-refractivity contribution in [2.45, 2.75) is 25.8 Å². The average molecular weight is 304 g/mol. The van der Waals surface area contributed by atoms with Gasteiger partial charge in [-0.1, -0.05) is 42.4 Å². The van der Waals surface area contributed by atoms with E-state index in [9.17, 15) is 4.79 Å². The molecule has 3 N–H and O–H groups in total. The lowest BCUT2D eigenvalue weighted by Gasteiger charge is -2.16. The van der Waals surface area contributed by atoms with Crippen LogP contribution in [0.2, 0.25) is 0 Å². The highest BCUT2D eigenvalue weighted by molar-refractivity contribution is 5.74. The highest BCUT2D eigenvalue weighted by Gasteiger charge is 2.22. The number of aliphatic hydroxyl groups is 1. The quantitative estimate of drug-likeness (QED) is 0.718. The molecule has 0 aliphatic rings. The summed E-state index contributed by atoms with van der Waals surface area (Å²) in [6.45, 7) is 2.09. The van der Waals surface area contributed by atoms with E-state index in [1.54, 1.807) is 0 Å². The van der Waals surface area contributed by atoms with Crippen LogP contribution in [-0.4, -0.2) is 34.4 Å². The highest BCUT2D eigenvalue weighted by atomic mass is 16.5. The number of aryl methyl sites for hydroxylation is 1. The maximum Gasteiger partial charge on any atom is 0.315 e. The second-order valence-electron chi connectivity index (χ2n) is 4.76. The number of aliphatic hydroxyl groups excluding tert-OH is 1. The van der Waals surface area contributed by atoms with E-state index in [0.717, 1.165) is 12.0 Å². The van der Waals surface area contributed by atoms with Crippen LogP contribution in [0.1, 0.15) is 36.7 Å². The zero-order chi connectivity index (χ0) is 15.8. The van der Waals surface area contributed by atoms with Gasteiger partial charge in [0.15, 0.2) is 5.82 Å². The molecule has 1 aromatic carbocycles. The maximum absolute atomic E-state index is 11.9. The van der Waals surface area contributed by atoms with Crippen molar-refractivity contribution in [1.82, 2.24) is 20.8 Å². The van der Waals surface area contributed by atoms with Gasteiger partial charge in [-0.3, -0.25) is 0 Å². The molecule has 1 heterocycles. The van der Waals surface area contributed by atoms with Gasteiger partial charge in [0.05, 0.1) is 6.61 Å². The van der Waals surface area contributed by atoms with E-state index in [0.29, 0.717) is 18.1 Å². The van der Waals surface area contributed by atoms with Crippen LogP contribution in [0.3, 0.4) is 0 Å². The van der Waals surface area contributed by atoms with Crippen molar-refractivity contribution in [3.8, 4) is 0 Å². The summed E-state index contributed by atoms with van der Waals surface area (Å²) in [6.07, 6.45) is 1.60. The van der Waals surface area contributed by atoms with Crippen molar-refractivity contribution in [2.75, 3.05) is 13.2 Å². The number of urea groups is 1. The van der Waals surface area contributed by atoms with Gasteiger partial charge < -0.3 is 20.3 Å². The lowest BCUT2D eigenvalue weighted by molar-refractivity contribution is 0.231. The fraction of sp³-hybridized carbons (Fsp3) is 0.400. The molecule has 0 saturated carbocycles. The monoisotopic (exact) mass is 304 g/mol. The third kappa shape index (κ3) is 4.29. The van der Waals surface area contributed by atoms with Gasteiger partial charge in [-0.05, 0) is 12.0 Å². The van der Waals surface area contributed by atoms with Gasteiger partial charge in [-0.25, -0.2) is 4.79 Å². The third-order valence-corrected chi connectivity index (χ3v) is 3.01. The summed E-state index contributed by atoms with van der Waals surface area (Å²) in [6, 6.07) is 8.51. The Kier molecular flexibility index (Phi) is 5.91. The molecule has 1 atom stereocenters. The summed E-state index contributed by atoms with van der Waals surface area (Å²) in [7, 11) is 0. The van der Waals surface area contributed by atoms with Crippen molar-refractivity contribution in [3.05, 3.63) is 47.6 Å². The molecule has 1 unspecified atom stereocenters. The molecule has 0 saturated heterocycles. The number of hydrogen-bond acceptors (Lipinski definition) is 5. The maximum atomic E-state index is 11.9. The lowest BCUT2D eigenvalue weighted by Crippen LogP contribution is -2.39. The van der Waals surface area contributed by atoms with E-state index in [2.05, 4.69) is 20.8 Å². The number of amides is 2. The number of carbonyl (C=O) groups is 1. The van der Waals surface area contributed by atoms with Crippen LogP contribution in [-0.2, 0) is 6.42 Å². The molecule has 0 aliphatic carbocycles. The minimum Gasteiger partial charge on any atom is -0.395 e. The molecule has 7 nitrogen and oxygen atoms in total. The normalized spacial score (nSPS) is 11.9. The Morgan fingerprint density at radius 1 is 1.36 bits per heavy atom. The molecule has 118 valence electrons. The Bertz CT molecular complexity index is 585. The summed E-state index contributed by atoms with van der Waals surface area (Å²) in [4.78, 5) is 16.2. The second kappa shape index (κ2) is 8.14. The smallest absolute Gasteiger partial charge is 0.315 e. The molecule has 1 aromatic heterocycles. The van der Waals surface area contributed by atoms with Gasteiger partial charge in [0.2, 0.25) is 5.89 Å². The molecule has 7 heteroatoms. The molecule has 0 radical (unpaired) electrons. The van der Waals surface area contributed by atoms with Crippen molar-refractivity contribution in [1.29, 1.82) is 0 Å². The van der Waals surface area contributed by atoms with Crippen LogP contribution in [0.15, 0.2) is 34.9 Å². The first-order valence-corrected chi connectivity index (χ1v) is 7.27. The Morgan fingerprint density at radius 3 is 2.82 bits per heavy atom. The fourth-order valence-corrected chi connectivity index (χ4v) is 1.99. The average Bonchev–Trinajstić information content (AvgIpc) is 3.00. The van der Waals surface area contributed by atoms with Crippen LogP contribution in [0.25, 0.3) is 0 Å². The first kappa shape index (κ1) is 16.0. The van der Waals surface area contributed by atoms with Gasteiger partial charge in [-0.15, -0.1) is 0 Å². The zero-order valence-corrected chi connectivity index (χ0v) is 12.5. The van der Waals surface area contributed by atoms with Crippen molar-refractivity contribution in [2.24, 2.45) is 0 Å². The van der Waals surface area contributed by atoms with Crippen LogP contribution in [0.5, 0.6) is 0 Å². The minimum absolute atomic E-state index is 0.119. The SMILES string of the molecule is CCCc1nc(C(NC(=O)NCCO)c2ccccc2)no1. The molecular weight excluding hydrogens is 284 g/mol. The van der Waals surface area contributed by atoms with E-state index in [4.69, 9.17) is 9.63 Å². The Morgan fingerprint density at radius 2 is 2.14 bits per heavy atom. The van der Waals surface area contributed by atoms with Crippen molar-refractivity contribution < 1.29 is 14.4 Å². The lowest BCUT2D eigenvalue weighted by atomic mass is 10.1. The van der Waals surface area contributed by atoms with Crippen molar-refractivity contribution in [3.63, 3.8) is 0 Å². The second-order valence-corrected chi connectivity index (χ2v) is 4.76. The minimum atomic E-state index is -0.505. The van der Waals surface area contributed by atoms with E-state index in [1.165, 1.54) is 0 Å². The number of nitrogens with one attached hydrogen (secondary N) is 2. The number of rotatable bonds is 7. The first-order chi connectivity index (χ1) is 10.7. The molecule has 0 spiro atoms. The number of carbonyl (C=O) groups excluding carboxylic acids is 1. The van der Waals surface area contributed by atoms with Crippen molar-refractivity contribution >= 4 is 6.03 Å². The Labute approximate surface area is 128 Å². The summed E-state index contributed by atoms with van der Waals surface area (Å²) in [5.41, 5.74) is 0.852. The standard InChI is InChI=1S/C15H20N4O3/c1-2-6-12-17-14(19-22-12)13(11-7-4-3-5-8-11)18-15(21)16-9-10-20/h3-5,7-8,13,20H,2,6,9-10H2,1H3,(H2,16,18,21). The van der Waals surface area contributed by atoms with E-state index in [-0.39, 0.29) is 13.2 Å². The number of hydrogen-bond donors (Lipinski definition) is 3.